The average Bonchev–Trinajstić information content (AvgIpc) is 2.30. The summed E-state index contributed by atoms with van der Waals surface area (Å²) in [7, 11) is 0. The summed E-state index contributed by atoms with van der Waals surface area (Å²) in [6.45, 7) is 7.29. The van der Waals surface area contributed by atoms with Crippen LogP contribution in [0.3, 0.4) is 0 Å². The molecule has 80 valence electrons. The van der Waals surface area contributed by atoms with Crippen molar-refractivity contribution in [2.75, 3.05) is 0 Å². The van der Waals surface area contributed by atoms with E-state index in [0.29, 0.717) is 0 Å². The number of esters is 1. The number of hydrogen-bond acceptors (Lipinski definition) is 2. The molecule has 0 radical (unpaired) electrons. The smallest absolute Gasteiger partial charge is 0.331 e. The first-order valence-corrected chi connectivity index (χ1v) is 5.03. The van der Waals surface area contributed by atoms with Crippen LogP contribution in [0.1, 0.15) is 25.8 Å². The molecule has 0 aromatic heterocycles. The van der Waals surface area contributed by atoms with Gasteiger partial charge >= 0.3 is 5.97 Å². The van der Waals surface area contributed by atoms with Crippen molar-refractivity contribution in [3.63, 3.8) is 0 Å². The summed E-state index contributed by atoms with van der Waals surface area (Å²) in [4.78, 5) is 11.2. The van der Waals surface area contributed by atoms with Crippen LogP contribution >= 0.6 is 0 Å². The maximum Gasteiger partial charge on any atom is 0.331 e. The summed E-state index contributed by atoms with van der Waals surface area (Å²) in [5, 5.41) is 0. The molecule has 0 heterocycles. The van der Waals surface area contributed by atoms with Crippen molar-refractivity contribution in [1.82, 2.24) is 0 Å². The molecule has 0 aliphatic rings. The Hall–Kier alpha value is -1.57. The summed E-state index contributed by atoms with van der Waals surface area (Å²) < 4.78 is 5.37. The van der Waals surface area contributed by atoms with Crippen molar-refractivity contribution in [2.45, 2.75) is 25.9 Å². The van der Waals surface area contributed by atoms with Crippen LogP contribution in [-0.2, 0) is 15.1 Å². The first-order valence-electron chi connectivity index (χ1n) is 5.03. The maximum absolute atomic E-state index is 11.2. The predicted molar refractivity (Wildman–Crippen MR) is 60.4 cm³/mol. The molecule has 2 heteroatoms. The quantitative estimate of drug-likeness (QED) is 0.556. The summed E-state index contributed by atoms with van der Waals surface area (Å²) >= 11 is 0. The Morgan fingerprint density at radius 2 is 2.07 bits per heavy atom. The Labute approximate surface area is 90.6 Å². The molecule has 0 saturated heterocycles. The van der Waals surface area contributed by atoms with Gasteiger partial charge in [0.05, 0.1) is 0 Å². The molecule has 0 aliphatic carbocycles. The highest BCUT2D eigenvalue weighted by Gasteiger charge is 2.27. The molecule has 15 heavy (non-hydrogen) atoms. The van der Waals surface area contributed by atoms with Gasteiger partial charge in [-0.2, -0.15) is 0 Å². The Morgan fingerprint density at radius 1 is 1.47 bits per heavy atom. The van der Waals surface area contributed by atoms with Gasteiger partial charge in [-0.25, -0.2) is 4.79 Å². The average molecular weight is 204 g/mol. The van der Waals surface area contributed by atoms with Crippen LogP contribution in [0.2, 0.25) is 0 Å². The van der Waals surface area contributed by atoms with Crippen molar-refractivity contribution in [3.8, 4) is 0 Å². The van der Waals surface area contributed by atoms with Crippen LogP contribution in [-0.4, -0.2) is 5.97 Å². The van der Waals surface area contributed by atoms with E-state index in [1.54, 1.807) is 0 Å². The second-order valence-electron chi connectivity index (χ2n) is 3.58. The lowest BCUT2D eigenvalue weighted by atomic mass is 9.93. The Bertz CT molecular complexity index is 343. The zero-order valence-electron chi connectivity index (χ0n) is 9.19. The summed E-state index contributed by atoms with van der Waals surface area (Å²) in [6, 6.07) is 9.73. The zero-order chi connectivity index (χ0) is 11.3. The molecule has 1 unspecified atom stereocenters. The van der Waals surface area contributed by atoms with Crippen molar-refractivity contribution in [1.29, 1.82) is 0 Å². The molecular weight excluding hydrogens is 188 g/mol. The van der Waals surface area contributed by atoms with Crippen LogP contribution < -0.4 is 0 Å². The van der Waals surface area contributed by atoms with Crippen molar-refractivity contribution in [3.05, 3.63) is 48.6 Å². The molecule has 2 nitrogen and oxygen atoms in total. The fourth-order valence-corrected chi connectivity index (χ4v) is 1.39. The van der Waals surface area contributed by atoms with Gasteiger partial charge in [0.2, 0.25) is 0 Å². The molecular formula is C13H16O2. The molecule has 1 atom stereocenters. The molecule has 0 spiro atoms. The minimum absolute atomic E-state index is 0.386. The van der Waals surface area contributed by atoms with E-state index in [1.807, 2.05) is 44.2 Å². The fraction of sp³-hybridized carbons (Fsp3) is 0.308. The highest BCUT2D eigenvalue weighted by molar-refractivity contribution is 5.81. The number of carbonyl (C=O) groups is 1. The normalized spacial score (nSPS) is 14.0. The SMILES string of the molecule is C=CC(=O)OC(C)(CC)c1ccccc1. The van der Waals surface area contributed by atoms with Crippen LogP contribution in [0.4, 0.5) is 0 Å². The van der Waals surface area contributed by atoms with Gasteiger partial charge in [0, 0.05) is 6.08 Å². The van der Waals surface area contributed by atoms with Crippen molar-refractivity contribution in [2.24, 2.45) is 0 Å². The lowest BCUT2D eigenvalue weighted by Crippen LogP contribution is -2.27. The van der Waals surface area contributed by atoms with Gasteiger partial charge in [0.15, 0.2) is 0 Å². The highest BCUT2D eigenvalue weighted by atomic mass is 16.6. The number of rotatable bonds is 4. The second kappa shape index (κ2) is 4.78. The van der Waals surface area contributed by atoms with Gasteiger partial charge in [-0.3, -0.25) is 0 Å². The van der Waals surface area contributed by atoms with E-state index in [9.17, 15) is 4.79 Å². The number of benzene rings is 1. The van der Waals surface area contributed by atoms with Crippen LogP contribution in [0.25, 0.3) is 0 Å². The summed E-state index contributed by atoms with van der Waals surface area (Å²) in [5.74, 6) is -0.386. The van der Waals surface area contributed by atoms with E-state index in [2.05, 4.69) is 6.58 Å². The lowest BCUT2D eigenvalue weighted by molar-refractivity contribution is -0.153. The summed E-state index contributed by atoms with van der Waals surface area (Å²) in [5.41, 5.74) is 0.440. The molecule has 0 amide bonds. The van der Waals surface area contributed by atoms with E-state index < -0.39 is 5.60 Å². The van der Waals surface area contributed by atoms with Crippen molar-refractivity contribution >= 4 is 5.97 Å². The Morgan fingerprint density at radius 3 is 2.53 bits per heavy atom. The van der Waals surface area contributed by atoms with Crippen LogP contribution in [0.15, 0.2) is 43.0 Å². The number of carbonyl (C=O) groups excluding carboxylic acids is 1. The topological polar surface area (TPSA) is 26.3 Å². The molecule has 0 N–H and O–H groups in total. The molecule has 0 bridgehead atoms. The lowest BCUT2D eigenvalue weighted by Gasteiger charge is -2.28. The highest BCUT2D eigenvalue weighted by Crippen LogP contribution is 2.28. The van der Waals surface area contributed by atoms with E-state index in [1.165, 1.54) is 6.08 Å². The van der Waals surface area contributed by atoms with Gasteiger partial charge < -0.3 is 4.74 Å². The van der Waals surface area contributed by atoms with E-state index in [4.69, 9.17) is 4.74 Å². The van der Waals surface area contributed by atoms with Gasteiger partial charge in [0.1, 0.15) is 5.60 Å². The van der Waals surface area contributed by atoms with E-state index in [-0.39, 0.29) is 5.97 Å². The minimum Gasteiger partial charge on any atom is -0.451 e. The molecule has 1 aromatic rings. The van der Waals surface area contributed by atoms with Crippen molar-refractivity contribution < 1.29 is 9.53 Å². The predicted octanol–water partition coefficient (Wildman–Crippen LogP) is 3.04. The van der Waals surface area contributed by atoms with E-state index in [0.717, 1.165) is 12.0 Å². The van der Waals surface area contributed by atoms with Crippen LogP contribution in [0, 0.1) is 0 Å². The van der Waals surface area contributed by atoms with Gasteiger partial charge in [-0.15, -0.1) is 0 Å². The second-order valence-corrected chi connectivity index (χ2v) is 3.58. The standard InChI is InChI=1S/C13H16O2/c1-4-12(14)15-13(3,5-2)11-9-7-6-8-10-11/h4,6-10H,1,5H2,2-3H3. The largest absolute Gasteiger partial charge is 0.451 e. The number of hydrogen-bond donors (Lipinski definition) is 0. The van der Waals surface area contributed by atoms with Gasteiger partial charge in [-0.1, -0.05) is 43.8 Å². The fourth-order valence-electron chi connectivity index (χ4n) is 1.39. The molecule has 1 rings (SSSR count). The molecule has 0 fully saturated rings. The third kappa shape index (κ3) is 2.69. The third-order valence-electron chi connectivity index (χ3n) is 2.55. The monoisotopic (exact) mass is 204 g/mol. The molecule has 0 aliphatic heterocycles. The van der Waals surface area contributed by atoms with E-state index >= 15 is 0 Å². The minimum atomic E-state index is -0.563. The number of ether oxygens (including phenoxy) is 1. The summed E-state index contributed by atoms with van der Waals surface area (Å²) in [6.07, 6.45) is 1.92. The molecule has 0 saturated carbocycles. The molecule has 1 aromatic carbocycles. The first kappa shape index (κ1) is 11.5. The van der Waals surface area contributed by atoms with Gasteiger partial charge in [-0.05, 0) is 18.9 Å². The Kier molecular flexibility index (Phi) is 3.67. The first-order chi connectivity index (χ1) is 7.12. The zero-order valence-corrected chi connectivity index (χ0v) is 9.19. The maximum atomic E-state index is 11.2. The van der Waals surface area contributed by atoms with Gasteiger partial charge in [0.25, 0.3) is 0 Å². The third-order valence-corrected chi connectivity index (χ3v) is 2.55. The Balaban J connectivity index is 2.95. The van der Waals surface area contributed by atoms with Crippen LogP contribution in [0.5, 0.6) is 0 Å².